The highest BCUT2D eigenvalue weighted by molar-refractivity contribution is 8.00. The number of carboxylic acid groups (broad SMARTS) is 1. The van der Waals surface area contributed by atoms with E-state index < -0.39 is 52.8 Å². The first kappa shape index (κ1) is 30.9. The van der Waals surface area contributed by atoms with Gasteiger partial charge in [-0.05, 0) is 24.1 Å². The minimum atomic E-state index is -1.39. The summed E-state index contributed by atoms with van der Waals surface area (Å²) in [5.41, 5.74) is -0.667. The molecule has 0 aliphatic carbocycles. The predicted molar refractivity (Wildman–Crippen MR) is 153 cm³/mol. The van der Waals surface area contributed by atoms with Crippen LogP contribution in [0.15, 0.2) is 46.5 Å². The number of thioether (sulfide) groups is 1. The molecule has 1 saturated heterocycles. The average Bonchev–Trinajstić information content (AvgIpc) is 2.97. The molecule has 3 atom stereocenters. The van der Waals surface area contributed by atoms with E-state index in [2.05, 4.69) is 31.2 Å². The number of H-pyrrole nitrogens is 1. The molecule has 1 fully saturated rings. The summed E-state index contributed by atoms with van der Waals surface area (Å²) in [6.07, 6.45) is 1.95. The quantitative estimate of drug-likeness (QED) is 0.135. The molecular formula is C26H29N7O9S. The maximum atomic E-state index is 13.4. The molecule has 4 amide bonds. The summed E-state index contributed by atoms with van der Waals surface area (Å²) < 4.78 is 4.92. The number of urea groups is 1. The number of rotatable bonds is 11. The zero-order valence-electron chi connectivity index (χ0n) is 23.0. The summed E-state index contributed by atoms with van der Waals surface area (Å²) in [5.74, 6) is -3.25. The van der Waals surface area contributed by atoms with E-state index in [-0.39, 0.29) is 46.6 Å². The minimum absolute atomic E-state index is 0.0947. The van der Waals surface area contributed by atoms with Gasteiger partial charge in [-0.3, -0.25) is 29.1 Å². The van der Waals surface area contributed by atoms with Crippen LogP contribution in [0.25, 0.3) is 0 Å². The number of hydrogen-bond donors (Lipinski definition) is 7. The second-order valence-corrected chi connectivity index (χ2v) is 10.6. The van der Waals surface area contributed by atoms with Crippen LogP contribution in [0.1, 0.15) is 31.9 Å². The van der Waals surface area contributed by atoms with Gasteiger partial charge < -0.3 is 36.2 Å². The number of carbonyl (C=O) groups excluding carboxylic acids is 4. The Labute approximate surface area is 248 Å². The Balaban J connectivity index is 1.49. The molecule has 0 bridgehead atoms. The lowest BCUT2D eigenvalue weighted by Crippen LogP contribution is -2.71. The SMILES string of the molecule is CCCNc1ncc(NC(=O)N[C@@H](C(=O)NC2C(=O)N3C(C(=O)O)=C(COC(C)=O)CS[C@H]23)c2ccc(O)cc2)c(=O)[nH]1. The monoisotopic (exact) mass is 615 g/mol. The Morgan fingerprint density at radius 1 is 1.21 bits per heavy atom. The first-order chi connectivity index (χ1) is 20.5. The number of carbonyl (C=O) groups is 5. The number of aliphatic carboxylic acids is 1. The summed E-state index contributed by atoms with van der Waals surface area (Å²) in [6.45, 7) is 3.39. The fraction of sp³-hybridized carbons (Fsp3) is 0.346. The highest BCUT2D eigenvalue weighted by Crippen LogP contribution is 2.40. The lowest BCUT2D eigenvalue weighted by Gasteiger charge is -2.49. The van der Waals surface area contributed by atoms with Gasteiger partial charge in [0.05, 0.1) is 6.20 Å². The van der Waals surface area contributed by atoms with Crippen LogP contribution in [-0.4, -0.2) is 85.2 Å². The number of ether oxygens (including phenoxy) is 1. The minimum Gasteiger partial charge on any atom is -0.508 e. The molecule has 17 heteroatoms. The number of nitrogens with zero attached hydrogens (tertiary/aromatic N) is 2. The Bertz CT molecular complexity index is 1530. The molecule has 1 aromatic heterocycles. The number of aromatic amines is 1. The first-order valence-electron chi connectivity index (χ1n) is 13.0. The number of hydrogen-bond acceptors (Lipinski definition) is 11. The molecule has 1 unspecified atom stereocenters. The molecule has 43 heavy (non-hydrogen) atoms. The number of aromatic hydroxyl groups is 1. The Morgan fingerprint density at radius 2 is 1.93 bits per heavy atom. The maximum absolute atomic E-state index is 13.4. The fourth-order valence-electron chi connectivity index (χ4n) is 4.29. The molecule has 0 spiro atoms. The molecule has 4 rings (SSSR count). The number of phenolic OH excluding ortho intramolecular Hbond substituents is 1. The standard InChI is InChI=1S/C26H29N7O9S/c1-3-8-27-25-28-9-16(20(36)32-25)29-26(41)31-17(13-4-6-15(35)7-5-13)21(37)30-18-22(38)33-19(24(39)40)14(10-42-12(2)34)11-43-23(18)33/h4-7,9,17-18,23,35H,3,8,10-11H2,1-2H3,(H,30,37)(H,39,40)(H2,29,31,41)(H2,27,28,32,36)/t17-,18?,23-/m1/s1. The van der Waals surface area contributed by atoms with E-state index in [1.807, 2.05) is 6.92 Å². The van der Waals surface area contributed by atoms with Crippen LogP contribution >= 0.6 is 11.8 Å². The topological polar surface area (TPSA) is 232 Å². The number of benzene rings is 1. The molecule has 0 saturated carbocycles. The second kappa shape index (κ2) is 13.3. The third-order valence-electron chi connectivity index (χ3n) is 6.35. The van der Waals surface area contributed by atoms with Gasteiger partial charge in [0.2, 0.25) is 11.9 Å². The molecule has 228 valence electrons. The molecule has 16 nitrogen and oxygen atoms in total. The third kappa shape index (κ3) is 7.06. The number of aromatic nitrogens is 2. The van der Waals surface area contributed by atoms with Gasteiger partial charge in [0, 0.05) is 24.8 Å². The van der Waals surface area contributed by atoms with Crippen LogP contribution in [0, 0.1) is 0 Å². The van der Waals surface area contributed by atoms with Crippen molar-refractivity contribution < 1.29 is 38.9 Å². The largest absolute Gasteiger partial charge is 0.508 e. The number of carboxylic acids is 1. The normalized spacial score (nSPS) is 18.1. The average molecular weight is 616 g/mol. The third-order valence-corrected chi connectivity index (χ3v) is 7.69. The van der Waals surface area contributed by atoms with E-state index in [9.17, 15) is 39.0 Å². The number of phenols is 1. The predicted octanol–water partition coefficient (Wildman–Crippen LogP) is 0.462. The van der Waals surface area contributed by atoms with E-state index in [0.717, 1.165) is 17.5 Å². The van der Waals surface area contributed by atoms with Crippen molar-refractivity contribution in [3.05, 3.63) is 57.6 Å². The molecule has 2 aliphatic heterocycles. The Morgan fingerprint density at radius 3 is 2.56 bits per heavy atom. The van der Waals surface area contributed by atoms with Crippen LogP contribution in [0.4, 0.5) is 16.4 Å². The molecule has 1 aromatic carbocycles. The van der Waals surface area contributed by atoms with Gasteiger partial charge in [-0.2, -0.15) is 0 Å². The number of anilines is 2. The van der Waals surface area contributed by atoms with Crippen molar-refractivity contribution in [2.45, 2.75) is 37.7 Å². The summed E-state index contributed by atoms with van der Waals surface area (Å²) in [6, 6.07) is 1.93. The number of nitrogens with one attached hydrogen (secondary N) is 5. The molecule has 0 radical (unpaired) electrons. The summed E-state index contributed by atoms with van der Waals surface area (Å²) in [7, 11) is 0. The Kier molecular flexibility index (Phi) is 9.54. The van der Waals surface area contributed by atoms with Crippen LogP contribution in [0.5, 0.6) is 5.75 Å². The summed E-state index contributed by atoms with van der Waals surface area (Å²) >= 11 is 1.18. The van der Waals surface area contributed by atoms with E-state index in [4.69, 9.17) is 4.74 Å². The number of β-lactam (4-membered cyclic amide) rings is 1. The van der Waals surface area contributed by atoms with Gasteiger partial charge in [0.1, 0.15) is 41.2 Å². The van der Waals surface area contributed by atoms with Crippen molar-refractivity contribution in [3.8, 4) is 5.75 Å². The lowest BCUT2D eigenvalue weighted by atomic mass is 10.0. The molecule has 7 N–H and O–H groups in total. The zero-order chi connectivity index (χ0) is 31.3. The van der Waals surface area contributed by atoms with Gasteiger partial charge in [0.15, 0.2) is 0 Å². The van der Waals surface area contributed by atoms with Crippen molar-refractivity contribution in [1.29, 1.82) is 0 Å². The van der Waals surface area contributed by atoms with Gasteiger partial charge in [0.25, 0.3) is 11.5 Å². The second-order valence-electron chi connectivity index (χ2n) is 9.46. The van der Waals surface area contributed by atoms with E-state index in [1.54, 1.807) is 0 Å². The molecular weight excluding hydrogens is 586 g/mol. The molecule has 3 heterocycles. The van der Waals surface area contributed by atoms with Crippen molar-refractivity contribution >= 4 is 53.2 Å². The van der Waals surface area contributed by atoms with Crippen molar-refractivity contribution in [2.24, 2.45) is 0 Å². The van der Waals surface area contributed by atoms with Gasteiger partial charge in [-0.15, -0.1) is 11.8 Å². The van der Waals surface area contributed by atoms with Crippen molar-refractivity contribution in [2.75, 3.05) is 29.5 Å². The summed E-state index contributed by atoms with van der Waals surface area (Å²) in [4.78, 5) is 82.4. The van der Waals surface area contributed by atoms with E-state index in [1.165, 1.54) is 43.0 Å². The lowest BCUT2D eigenvalue weighted by molar-refractivity contribution is -0.151. The fourth-order valence-corrected chi connectivity index (χ4v) is 5.62. The molecule has 2 aliphatic rings. The van der Waals surface area contributed by atoms with Crippen molar-refractivity contribution in [3.63, 3.8) is 0 Å². The highest BCUT2D eigenvalue weighted by Gasteiger charge is 2.54. The van der Waals surface area contributed by atoms with Crippen molar-refractivity contribution in [1.82, 2.24) is 25.5 Å². The smallest absolute Gasteiger partial charge is 0.352 e. The van der Waals surface area contributed by atoms with Crippen LogP contribution in [0.2, 0.25) is 0 Å². The van der Waals surface area contributed by atoms with Gasteiger partial charge >= 0.3 is 18.0 Å². The maximum Gasteiger partial charge on any atom is 0.352 e. The highest BCUT2D eigenvalue weighted by atomic mass is 32.2. The number of esters is 1. The van der Waals surface area contributed by atoms with Crippen LogP contribution < -0.4 is 26.8 Å². The van der Waals surface area contributed by atoms with Crippen LogP contribution in [-0.2, 0) is 23.9 Å². The summed E-state index contributed by atoms with van der Waals surface area (Å²) in [5, 5.41) is 28.9. The number of amides is 4. The number of fused-ring (bicyclic) bond motifs is 1. The molecule has 2 aromatic rings. The zero-order valence-corrected chi connectivity index (χ0v) is 23.8. The van der Waals surface area contributed by atoms with E-state index in [0.29, 0.717) is 6.54 Å². The van der Waals surface area contributed by atoms with Gasteiger partial charge in [-0.25, -0.2) is 14.6 Å². The first-order valence-corrected chi connectivity index (χ1v) is 14.1. The van der Waals surface area contributed by atoms with Gasteiger partial charge in [-0.1, -0.05) is 19.1 Å². The van der Waals surface area contributed by atoms with E-state index >= 15 is 0 Å². The Hall–Kier alpha value is -5.06. The van der Waals surface area contributed by atoms with Crippen LogP contribution in [0.3, 0.4) is 0 Å².